The van der Waals surface area contributed by atoms with Crippen LogP contribution in [0.25, 0.3) is 11.2 Å². The number of hydrogen-bond acceptors (Lipinski definition) is 8. The van der Waals surface area contributed by atoms with Crippen LogP contribution in [-0.4, -0.2) is 48.1 Å². The van der Waals surface area contributed by atoms with E-state index in [0.717, 1.165) is 0 Å². The maximum absolute atomic E-state index is 11.7. The van der Waals surface area contributed by atoms with Crippen molar-refractivity contribution < 1.29 is 23.6 Å². The summed E-state index contributed by atoms with van der Waals surface area (Å²) in [6.07, 6.45) is 0.379. The van der Waals surface area contributed by atoms with Crippen molar-refractivity contribution in [2.45, 2.75) is 24.8 Å². The van der Waals surface area contributed by atoms with Crippen molar-refractivity contribution in [3.63, 3.8) is 0 Å². The lowest BCUT2D eigenvalue weighted by Gasteiger charge is -2.16. The second-order valence-corrected chi connectivity index (χ2v) is 6.33. The monoisotopic (exact) mass is 346 g/mol. The molecule has 1 fully saturated rings. The number of aromatic amines is 1. The highest BCUT2D eigenvalue weighted by Crippen LogP contribution is 2.38. The van der Waals surface area contributed by atoms with Gasteiger partial charge in [-0.05, 0) is 0 Å². The summed E-state index contributed by atoms with van der Waals surface area (Å²) in [4.78, 5) is 39.5. The fourth-order valence-electron chi connectivity index (χ4n) is 2.41. The van der Waals surface area contributed by atoms with Crippen LogP contribution in [0, 0.1) is 0 Å². The number of nitrogens with zero attached hydrogens (tertiary/aromatic N) is 3. The molecule has 13 heteroatoms. The minimum absolute atomic E-state index is 0.0621. The van der Waals surface area contributed by atoms with Crippen LogP contribution in [-0.2, 0) is 13.8 Å². The fourth-order valence-corrected chi connectivity index (χ4v) is 2.75. The zero-order valence-electron chi connectivity index (χ0n) is 11.7. The number of fused-ring (bicyclic) bond motifs is 1. The van der Waals surface area contributed by atoms with Gasteiger partial charge in [0.05, 0.1) is 19.0 Å². The summed E-state index contributed by atoms with van der Waals surface area (Å²) in [5.41, 5.74) is 11.3. The van der Waals surface area contributed by atoms with Crippen LogP contribution in [0.3, 0.4) is 0 Å². The third-order valence-corrected chi connectivity index (χ3v) is 3.94. The van der Waals surface area contributed by atoms with Crippen LogP contribution in [0.5, 0.6) is 0 Å². The maximum atomic E-state index is 11.7. The van der Waals surface area contributed by atoms with Gasteiger partial charge in [0, 0.05) is 12.5 Å². The van der Waals surface area contributed by atoms with E-state index in [1.165, 1.54) is 10.9 Å². The largest absolute Gasteiger partial charge is 0.469 e. The van der Waals surface area contributed by atoms with Gasteiger partial charge in [-0.15, -0.1) is 0 Å². The molecule has 3 rings (SSSR count). The summed E-state index contributed by atoms with van der Waals surface area (Å²) in [6.45, 7) is -0.356. The first-order valence-electron chi connectivity index (χ1n) is 6.58. The number of imidazole rings is 1. The van der Waals surface area contributed by atoms with Crippen molar-refractivity contribution in [3.05, 3.63) is 16.7 Å². The van der Waals surface area contributed by atoms with E-state index in [2.05, 4.69) is 19.5 Å². The molecule has 3 heterocycles. The van der Waals surface area contributed by atoms with Crippen molar-refractivity contribution in [2.24, 2.45) is 5.73 Å². The van der Waals surface area contributed by atoms with Gasteiger partial charge >= 0.3 is 7.82 Å². The van der Waals surface area contributed by atoms with E-state index in [1.54, 1.807) is 0 Å². The lowest BCUT2D eigenvalue weighted by atomic mass is 10.1. The number of phosphoric ester groups is 1. The number of nitrogen functional groups attached to an aromatic ring is 1. The Morgan fingerprint density at radius 3 is 3.00 bits per heavy atom. The molecule has 1 aliphatic rings. The number of hydrogen-bond donors (Lipinski definition) is 5. The Labute approximate surface area is 128 Å². The van der Waals surface area contributed by atoms with Gasteiger partial charge in [0.2, 0.25) is 5.95 Å². The Hall–Kier alpha value is -1.82. The molecule has 7 N–H and O–H groups in total. The normalized spacial score (nSPS) is 25.3. The highest BCUT2D eigenvalue weighted by molar-refractivity contribution is 7.46. The number of aromatic nitrogens is 4. The SMILES string of the molecule is Nc1nc2c(ncn2[C@H]2C[C@H](N)[C@@H](COP(=O)(O)O)O2)c(=O)[nH]1. The predicted molar refractivity (Wildman–Crippen MR) is 77.1 cm³/mol. The van der Waals surface area contributed by atoms with E-state index in [4.69, 9.17) is 26.0 Å². The Morgan fingerprint density at radius 2 is 2.30 bits per heavy atom. The van der Waals surface area contributed by atoms with Crippen molar-refractivity contribution in [3.8, 4) is 0 Å². The van der Waals surface area contributed by atoms with Crippen LogP contribution in [0.2, 0.25) is 0 Å². The number of ether oxygens (including phenoxy) is 1. The molecule has 12 nitrogen and oxygen atoms in total. The Balaban J connectivity index is 1.84. The average molecular weight is 346 g/mol. The highest BCUT2D eigenvalue weighted by atomic mass is 31.2. The number of rotatable bonds is 4. The van der Waals surface area contributed by atoms with Gasteiger partial charge in [0.25, 0.3) is 5.56 Å². The van der Waals surface area contributed by atoms with Gasteiger partial charge in [-0.2, -0.15) is 4.98 Å². The van der Waals surface area contributed by atoms with Gasteiger partial charge in [0.1, 0.15) is 6.23 Å². The zero-order chi connectivity index (χ0) is 16.8. The minimum Gasteiger partial charge on any atom is -0.369 e. The van der Waals surface area contributed by atoms with E-state index in [0.29, 0.717) is 6.42 Å². The van der Waals surface area contributed by atoms with Crippen molar-refractivity contribution in [2.75, 3.05) is 12.3 Å². The lowest BCUT2D eigenvalue weighted by molar-refractivity contribution is -0.0230. The third kappa shape index (κ3) is 3.27. The molecular weight excluding hydrogens is 331 g/mol. The third-order valence-electron chi connectivity index (χ3n) is 3.45. The van der Waals surface area contributed by atoms with Crippen molar-refractivity contribution in [1.29, 1.82) is 0 Å². The van der Waals surface area contributed by atoms with Gasteiger partial charge < -0.3 is 26.0 Å². The zero-order valence-corrected chi connectivity index (χ0v) is 12.6. The number of nitrogens with one attached hydrogen (secondary N) is 1. The van der Waals surface area contributed by atoms with Crippen LogP contribution >= 0.6 is 7.82 Å². The van der Waals surface area contributed by atoms with Crippen LogP contribution < -0.4 is 17.0 Å². The first kappa shape index (κ1) is 16.1. The second-order valence-electron chi connectivity index (χ2n) is 5.09. The molecule has 126 valence electrons. The van der Waals surface area contributed by atoms with Crippen LogP contribution in [0.1, 0.15) is 12.6 Å². The van der Waals surface area contributed by atoms with E-state index >= 15 is 0 Å². The standard InChI is InChI=1S/C10H15N6O6P/c11-4-1-6(22-5(4)2-21-23(18,19)20)16-3-13-7-8(16)14-10(12)15-9(7)17/h3-6H,1-2,11H2,(H2,18,19,20)(H3,12,14,15,17)/t4-,5+,6+/m0/s1. The molecule has 0 amide bonds. The van der Waals surface area contributed by atoms with Gasteiger partial charge in [-0.1, -0.05) is 0 Å². The van der Waals surface area contributed by atoms with Crippen LogP contribution in [0.4, 0.5) is 5.95 Å². The van der Waals surface area contributed by atoms with Gasteiger partial charge in [0.15, 0.2) is 11.2 Å². The molecule has 0 aromatic carbocycles. The lowest BCUT2D eigenvalue weighted by Crippen LogP contribution is -2.33. The summed E-state index contributed by atoms with van der Waals surface area (Å²) in [6, 6.07) is -0.511. The van der Waals surface area contributed by atoms with E-state index in [1.807, 2.05) is 0 Å². The molecule has 23 heavy (non-hydrogen) atoms. The summed E-state index contributed by atoms with van der Waals surface area (Å²) >= 11 is 0. The first-order valence-corrected chi connectivity index (χ1v) is 8.11. The summed E-state index contributed by atoms with van der Waals surface area (Å²) in [5.74, 6) is -0.0621. The number of H-pyrrole nitrogens is 1. The first-order chi connectivity index (χ1) is 10.7. The maximum Gasteiger partial charge on any atom is 0.469 e. The average Bonchev–Trinajstić information content (AvgIpc) is 2.99. The smallest absolute Gasteiger partial charge is 0.369 e. The summed E-state index contributed by atoms with van der Waals surface area (Å²) < 4.78 is 22.3. The molecule has 0 saturated carbocycles. The molecular formula is C10H15N6O6P. The van der Waals surface area contributed by atoms with E-state index in [9.17, 15) is 9.36 Å². The topological polar surface area (TPSA) is 192 Å². The molecule has 2 aromatic heterocycles. The van der Waals surface area contributed by atoms with Crippen LogP contribution in [0.15, 0.2) is 11.1 Å². The number of anilines is 1. The number of phosphoric acid groups is 1. The molecule has 0 aliphatic carbocycles. The Morgan fingerprint density at radius 1 is 1.57 bits per heavy atom. The molecule has 2 aromatic rings. The molecule has 0 radical (unpaired) electrons. The summed E-state index contributed by atoms with van der Waals surface area (Å²) in [5, 5.41) is 0. The Kier molecular flexibility index (Phi) is 3.96. The molecule has 1 aliphatic heterocycles. The van der Waals surface area contributed by atoms with Crippen molar-refractivity contribution >= 4 is 24.9 Å². The second kappa shape index (κ2) is 5.67. The van der Waals surface area contributed by atoms with Crippen molar-refractivity contribution in [1.82, 2.24) is 19.5 Å². The fraction of sp³-hybridized carbons (Fsp3) is 0.500. The van der Waals surface area contributed by atoms with E-state index < -0.39 is 31.8 Å². The quantitative estimate of drug-likeness (QED) is 0.404. The minimum atomic E-state index is -4.61. The molecule has 3 atom stereocenters. The molecule has 1 saturated heterocycles. The van der Waals surface area contributed by atoms with Gasteiger partial charge in [-0.25, -0.2) is 9.55 Å². The van der Waals surface area contributed by atoms with Gasteiger partial charge in [-0.3, -0.25) is 18.9 Å². The molecule has 0 unspecified atom stereocenters. The Bertz CT molecular complexity index is 829. The number of nitrogens with two attached hydrogens (primary N) is 2. The highest BCUT2D eigenvalue weighted by Gasteiger charge is 2.36. The summed E-state index contributed by atoms with van der Waals surface area (Å²) in [7, 11) is -4.61. The predicted octanol–water partition coefficient (Wildman–Crippen LogP) is -1.57. The van der Waals surface area contributed by atoms with E-state index in [-0.39, 0.29) is 23.7 Å². The molecule has 0 bridgehead atoms. The molecule has 0 spiro atoms.